The second-order valence-electron chi connectivity index (χ2n) is 6.59. The van der Waals surface area contributed by atoms with Gasteiger partial charge in [-0.15, -0.1) is 0 Å². The largest absolute Gasteiger partial charge is 0.495 e. The number of hydrogen-bond acceptors (Lipinski definition) is 4. The number of aryl methyl sites for hydroxylation is 1. The Labute approximate surface area is 170 Å². The minimum atomic E-state index is -0.254. The predicted octanol–water partition coefficient (Wildman–Crippen LogP) is 2.89. The van der Waals surface area contributed by atoms with E-state index in [0.717, 1.165) is 6.42 Å². The maximum Gasteiger partial charge on any atom is 0.238 e. The Kier molecular flexibility index (Phi) is 8.29. The number of halogens is 1. The predicted molar refractivity (Wildman–Crippen MR) is 112 cm³/mol. The van der Waals surface area contributed by atoms with E-state index in [2.05, 4.69) is 29.7 Å². The maximum atomic E-state index is 12.2. The van der Waals surface area contributed by atoms with Gasteiger partial charge in [-0.1, -0.05) is 35.9 Å². The zero-order valence-electron chi connectivity index (χ0n) is 16.4. The number of hydrogen-bond donors (Lipinski definition) is 2. The molecule has 2 amide bonds. The Morgan fingerprint density at radius 1 is 1.11 bits per heavy atom. The van der Waals surface area contributed by atoms with E-state index < -0.39 is 0 Å². The Hall–Kier alpha value is -2.57. The van der Waals surface area contributed by atoms with Crippen LogP contribution >= 0.6 is 11.6 Å². The van der Waals surface area contributed by atoms with Crippen LogP contribution in [0.2, 0.25) is 5.02 Å². The average molecular weight is 404 g/mol. The lowest BCUT2D eigenvalue weighted by atomic mass is 10.1. The van der Waals surface area contributed by atoms with Crippen LogP contribution in [0.1, 0.15) is 11.1 Å². The van der Waals surface area contributed by atoms with E-state index in [-0.39, 0.29) is 24.9 Å². The van der Waals surface area contributed by atoms with Crippen molar-refractivity contribution >= 4 is 29.1 Å². The number of amides is 2. The quantitative estimate of drug-likeness (QED) is 0.675. The molecule has 0 spiro atoms. The van der Waals surface area contributed by atoms with E-state index in [1.165, 1.54) is 18.2 Å². The van der Waals surface area contributed by atoms with E-state index in [9.17, 15) is 9.59 Å². The second kappa shape index (κ2) is 10.7. The molecule has 2 aromatic rings. The molecule has 0 unspecified atom stereocenters. The zero-order chi connectivity index (χ0) is 20.5. The summed E-state index contributed by atoms with van der Waals surface area (Å²) in [6.07, 6.45) is 0.775. The maximum absolute atomic E-state index is 12.2. The summed E-state index contributed by atoms with van der Waals surface area (Å²) in [5.74, 6) is 0.148. The van der Waals surface area contributed by atoms with Crippen LogP contribution in [-0.2, 0) is 16.0 Å². The fraction of sp³-hybridized carbons (Fsp3) is 0.333. The summed E-state index contributed by atoms with van der Waals surface area (Å²) in [5.41, 5.74) is 2.92. The molecule has 150 valence electrons. The van der Waals surface area contributed by atoms with Crippen LogP contribution in [0.3, 0.4) is 0 Å². The first-order chi connectivity index (χ1) is 13.4. The molecule has 28 heavy (non-hydrogen) atoms. The molecule has 0 radical (unpaired) electrons. The van der Waals surface area contributed by atoms with Crippen LogP contribution in [0.25, 0.3) is 0 Å². The molecule has 0 saturated heterocycles. The van der Waals surface area contributed by atoms with Gasteiger partial charge in [-0.25, -0.2) is 0 Å². The third-order valence-corrected chi connectivity index (χ3v) is 4.48. The third-order valence-electron chi connectivity index (χ3n) is 4.24. The number of carbonyl (C=O) groups is 2. The van der Waals surface area contributed by atoms with Crippen LogP contribution in [-0.4, -0.2) is 50.5 Å². The minimum Gasteiger partial charge on any atom is -0.495 e. The minimum absolute atomic E-state index is 0.0703. The molecule has 2 rings (SSSR count). The average Bonchev–Trinajstić information content (AvgIpc) is 2.63. The third kappa shape index (κ3) is 6.87. The van der Waals surface area contributed by atoms with Crippen molar-refractivity contribution < 1.29 is 14.3 Å². The van der Waals surface area contributed by atoms with E-state index in [0.29, 0.717) is 23.0 Å². The molecule has 0 bridgehead atoms. The molecule has 0 fully saturated rings. The summed E-state index contributed by atoms with van der Waals surface area (Å²) < 4.78 is 5.21. The van der Waals surface area contributed by atoms with Gasteiger partial charge in [0.2, 0.25) is 11.8 Å². The van der Waals surface area contributed by atoms with Crippen LogP contribution < -0.4 is 15.4 Å². The van der Waals surface area contributed by atoms with Crippen molar-refractivity contribution in [3.63, 3.8) is 0 Å². The molecule has 0 aliphatic rings. The number of methoxy groups -OCH3 is 1. The van der Waals surface area contributed by atoms with E-state index in [1.54, 1.807) is 30.1 Å². The molecule has 2 aromatic carbocycles. The Morgan fingerprint density at radius 2 is 1.82 bits per heavy atom. The van der Waals surface area contributed by atoms with Crippen molar-refractivity contribution in [2.75, 3.05) is 39.1 Å². The van der Waals surface area contributed by atoms with Crippen LogP contribution in [0.4, 0.5) is 5.69 Å². The van der Waals surface area contributed by atoms with Gasteiger partial charge < -0.3 is 15.4 Å². The van der Waals surface area contributed by atoms with Gasteiger partial charge in [0.1, 0.15) is 5.75 Å². The molecule has 0 heterocycles. The number of carbonyl (C=O) groups excluding carboxylic acids is 2. The van der Waals surface area contributed by atoms with Crippen molar-refractivity contribution in [3.8, 4) is 5.75 Å². The molecular weight excluding hydrogens is 378 g/mol. The lowest BCUT2D eigenvalue weighted by Crippen LogP contribution is -2.39. The normalized spacial score (nSPS) is 10.6. The summed E-state index contributed by atoms with van der Waals surface area (Å²) in [6.45, 7) is 2.82. The second-order valence-corrected chi connectivity index (χ2v) is 7.03. The van der Waals surface area contributed by atoms with Gasteiger partial charge in [0.05, 0.1) is 25.9 Å². The number of ether oxygens (including phenoxy) is 1. The van der Waals surface area contributed by atoms with Gasteiger partial charge in [-0.2, -0.15) is 0 Å². The Balaban J connectivity index is 1.76. The molecule has 0 atom stereocenters. The van der Waals surface area contributed by atoms with E-state index >= 15 is 0 Å². The van der Waals surface area contributed by atoms with Gasteiger partial charge in [0.25, 0.3) is 0 Å². The van der Waals surface area contributed by atoms with Gasteiger partial charge >= 0.3 is 0 Å². The van der Waals surface area contributed by atoms with Gasteiger partial charge in [-0.05, 0) is 49.7 Å². The van der Waals surface area contributed by atoms with Gasteiger partial charge in [0.15, 0.2) is 0 Å². The van der Waals surface area contributed by atoms with Crippen molar-refractivity contribution in [2.24, 2.45) is 0 Å². The molecule has 6 nitrogen and oxygen atoms in total. The number of benzene rings is 2. The van der Waals surface area contributed by atoms with Gasteiger partial charge in [0, 0.05) is 11.6 Å². The number of likely N-dealkylation sites (N-methyl/N-ethyl adjacent to an activating group) is 1. The first-order valence-electron chi connectivity index (χ1n) is 9.02. The topological polar surface area (TPSA) is 70.7 Å². The van der Waals surface area contributed by atoms with Crippen molar-refractivity contribution in [3.05, 3.63) is 58.6 Å². The summed E-state index contributed by atoms with van der Waals surface area (Å²) in [5, 5.41) is 6.14. The fourth-order valence-electron chi connectivity index (χ4n) is 2.80. The summed E-state index contributed by atoms with van der Waals surface area (Å²) in [7, 11) is 3.24. The monoisotopic (exact) mass is 403 g/mol. The molecular formula is C21H26ClN3O3. The van der Waals surface area contributed by atoms with Crippen LogP contribution in [0, 0.1) is 6.92 Å². The number of nitrogens with one attached hydrogen (secondary N) is 2. The van der Waals surface area contributed by atoms with Crippen molar-refractivity contribution in [1.82, 2.24) is 10.2 Å². The smallest absolute Gasteiger partial charge is 0.238 e. The zero-order valence-corrected chi connectivity index (χ0v) is 17.2. The summed E-state index contributed by atoms with van der Waals surface area (Å²) in [6, 6.07) is 13.1. The summed E-state index contributed by atoms with van der Waals surface area (Å²) >= 11 is 5.96. The molecule has 7 heteroatoms. The number of nitrogens with zero attached hydrogens (tertiary/aromatic N) is 1. The first-order valence-corrected chi connectivity index (χ1v) is 9.40. The molecule has 0 saturated carbocycles. The fourth-order valence-corrected chi connectivity index (χ4v) is 2.97. The first kappa shape index (κ1) is 21.7. The van der Waals surface area contributed by atoms with E-state index in [4.69, 9.17) is 16.3 Å². The number of anilines is 1. The van der Waals surface area contributed by atoms with Crippen LogP contribution in [0.5, 0.6) is 5.75 Å². The Morgan fingerprint density at radius 3 is 2.54 bits per heavy atom. The summed E-state index contributed by atoms with van der Waals surface area (Å²) in [4.78, 5) is 26.0. The highest BCUT2D eigenvalue weighted by atomic mass is 35.5. The lowest BCUT2D eigenvalue weighted by Gasteiger charge is -2.17. The highest BCUT2D eigenvalue weighted by molar-refractivity contribution is 6.31. The number of rotatable bonds is 9. The lowest BCUT2D eigenvalue weighted by molar-refractivity contribution is -0.122. The molecule has 2 N–H and O–H groups in total. The molecule has 0 aliphatic heterocycles. The molecule has 0 aliphatic carbocycles. The standard InChI is InChI=1S/C21H26ClN3O3/c1-15-6-4-5-7-16(15)10-11-23-20(26)13-25(2)14-21(27)24-18-12-17(22)8-9-19(18)28-3/h4-9,12H,10-11,13-14H2,1-3H3,(H,23,26)(H,24,27). The van der Waals surface area contributed by atoms with Crippen molar-refractivity contribution in [1.29, 1.82) is 0 Å². The van der Waals surface area contributed by atoms with Crippen LogP contribution in [0.15, 0.2) is 42.5 Å². The Bertz CT molecular complexity index is 826. The van der Waals surface area contributed by atoms with E-state index in [1.807, 2.05) is 12.1 Å². The molecule has 0 aromatic heterocycles. The van der Waals surface area contributed by atoms with Gasteiger partial charge in [-0.3, -0.25) is 14.5 Å². The van der Waals surface area contributed by atoms with Crippen molar-refractivity contribution in [2.45, 2.75) is 13.3 Å². The highest BCUT2D eigenvalue weighted by Crippen LogP contribution is 2.27. The SMILES string of the molecule is COc1ccc(Cl)cc1NC(=O)CN(C)CC(=O)NCCc1ccccc1C. The highest BCUT2D eigenvalue weighted by Gasteiger charge is 2.13.